The van der Waals surface area contributed by atoms with Crippen molar-refractivity contribution >= 4 is 29.2 Å². The molecular formula is C17H15ClO2. The van der Waals surface area contributed by atoms with Gasteiger partial charge in [0.1, 0.15) is 0 Å². The molecule has 2 aromatic carbocycles. The summed E-state index contributed by atoms with van der Waals surface area (Å²) in [6.45, 7) is 3.97. The van der Waals surface area contributed by atoms with Crippen LogP contribution in [0.2, 0.25) is 5.02 Å². The fourth-order valence-electron chi connectivity index (χ4n) is 1.94. The molecule has 0 bridgehead atoms. The number of carbonyl (C=O) groups is 1. The average Bonchev–Trinajstić information content (AvgIpc) is 2.39. The second kappa shape index (κ2) is 5.93. The third-order valence-corrected chi connectivity index (χ3v) is 3.44. The Hall–Kier alpha value is -2.06. The molecule has 0 fully saturated rings. The Kier molecular flexibility index (Phi) is 4.26. The molecule has 0 saturated carbocycles. The van der Waals surface area contributed by atoms with Crippen molar-refractivity contribution < 1.29 is 9.90 Å². The number of aryl methyl sites for hydroxylation is 2. The van der Waals surface area contributed by atoms with Crippen molar-refractivity contribution in [3.63, 3.8) is 0 Å². The molecule has 3 heteroatoms. The summed E-state index contributed by atoms with van der Waals surface area (Å²) in [4.78, 5) is 11.5. The van der Waals surface area contributed by atoms with Crippen molar-refractivity contribution in [2.45, 2.75) is 13.8 Å². The van der Waals surface area contributed by atoms with Gasteiger partial charge in [-0.05, 0) is 54.3 Å². The molecule has 0 aliphatic carbocycles. The van der Waals surface area contributed by atoms with Crippen molar-refractivity contribution in [3.8, 4) is 0 Å². The second-order valence-corrected chi connectivity index (χ2v) is 5.15. The van der Waals surface area contributed by atoms with Crippen molar-refractivity contribution in [3.05, 3.63) is 69.7 Å². The maximum absolute atomic E-state index is 11.5. The molecule has 2 nitrogen and oxygen atoms in total. The maximum Gasteiger partial charge on any atom is 0.336 e. The maximum atomic E-state index is 11.5. The zero-order valence-corrected chi connectivity index (χ0v) is 12.1. The van der Waals surface area contributed by atoms with E-state index in [1.807, 2.05) is 38.1 Å². The largest absolute Gasteiger partial charge is 0.478 e. The van der Waals surface area contributed by atoms with Gasteiger partial charge in [-0.15, -0.1) is 0 Å². The van der Waals surface area contributed by atoms with Gasteiger partial charge in [0.25, 0.3) is 0 Å². The van der Waals surface area contributed by atoms with Crippen LogP contribution in [-0.2, 0) is 4.79 Å². The number of hydrogen-bond acceptors (Lipinski definition) is 1. The minimum Gasteiger partial charge on any atom is -0.478 e. The van der Waals surface area contributed by atoms with Crippen LogP contribution in [0.5, 0.6) is 0 Å². The minimum atomic E-state index is -0.951. The molecule has 0 spiro atoms. The topological polar surface area (TPSA) is 37.3 Å². The average molecular weight is 287 g/mol. The van der Waals surface area contributed by atoms with E-state index >= 15 is 0 Å². The number of aliphatic carboxylic acids is 1. The van der Waals surface area contributed by atoms with Crippen LogP contribution in [0.3, 0.4) is 0 Å². The Morgan fingerprint density at radius 3 is 2.45 bits per heavy atom. The summed E-state index contributed by atoms with van der Waals surface area (Å²) >= 11 is 5.92. The number of rotatable bonds is 3. The van der Waals surface area contributed by atoms with Gasteiger partial charge in [-0.1, -0.05) is 41.9 Å². The van der Waals surface area contributed by atoms with Gasteiger partial charge in [0, 0.05) is 5.02 Å². The Morgan fingerprint density at radius 2 is 1.85 bits per heavy atom. The molecule has 2 aromatic rings. The highest BCUT2D eigenvalue weighted by Crippen LogP contribution is 2.22. The van der Waals surface area contributed by atoms with Crippen LogP contribution >= 0.6 is 11.6 Å². The van der Waals surface area contributed by atoms with E-state index in [0.717, 1.165) is 16.7 Å². The predicted octanol–water partition coefficient (Wildman–Crippen LogP) is 4.58. The molecule has 0 radical (unpaired) electrons. The van der Waals surface area contributed by atoms with Crippen LogP contribution in [-0.4, -0.2) is 11.1 Å². The van der Waals surface area contributed by atoms with Crippen LogP contribution in [0.25, 0.3) is 11.6 Å². The first kappa shape index (κ1) is 14.4. The van der Waals surface area contributed by atoms with Gasteiger partial charge in [0.05, 0.1) is 5.57 Å². The van der Waals surface area contributed by atoms with Gasteiger partial charge in [0.2, 0.25) is 0 Å². The molecule has 0 aromatic heterocycles. The van der Waals surface area contributed by atoms with Gasteiger partial charge in [-0.25, -0.2) is 4.79 Å². The van der Waals surface area contributed by atoms with Crippen molar-refractivity contribution in [1.82, 2.24) is 0 Å². The molecule has 2 rings (SSSR count). The lowest BCUT2D eigenvalue weighted by Crippen LogP contribution is -2.00. The highest BCUT2D eigenvalue weighted by molar-refractivity contribution is 6.30. The number of hydrogen-bond donors (Lipinski definition) is 1. The van der Waals surface area contributed by atoms with Gasteiger partial charge < -0.3 is 5.11 Å². The summed E-state index contributed by atoms with van der Waals surface area (Å²) in [5.41, 5.74) is 3.94. The third kappa shape index (κ3) is 3.28. The van der Waals surface area contributed by atoms with Crippen molar-refractivity contribution in [2.24, 2.45) is 0 Å². The van der Waals surface area contributed by atoms with Gasteiger partial charge in [0.15, 0.2) is 0 Å². The molecule has 0 aliphatic heterocycles. The molecule has 102 valence electrons. The molecule has 1 N–H and O–H groups in total. The standard InChI is InChI=1S/C17H15ClO2/c1-11-6-7-14(8-12(11)2)16(17(19)20)10-13-4-3-5-15(18)9-13/h3-10H,1-2H3,(H,19,20)/b16-10-. The normalized spacial score (nSPS) is 11.4. The summed E-state index contributed by atoms with van der Waals surface area (Å²) in [6, 6.07) is 12.8. The zero-order valence-electron chi connectivity index (χ0n) is 11.4. The van der Waals surface area contributed by atoms with E-state index in [-0.39, 0.29) is 5.57 Å². The van der Waals surface area contributed by atoms with Crippen LogP contribution in [0.1, 0.15) is 22.3 Å². The third-order valence-electron chi connectivity index (χ3n) is 3.21. The molecule has 0 aliphatic rings. The Labute approximate surface area is 123 Å². The van der Waals surface area contributed by atoms with E-state index in [1.54, 1.807) is 24.3 Å². The van der Waals surface area contributed by atoms with Gasteiger partial charge in [-0.3, -0.25) is 0 Å². The molecule has 0 heterocycles. The Bertz CT molecular complexity index is 687. The molecule has 0 atom stereocenters. The quantitative estimate of drug-likeness (QED) is 0.662. The van der Waals surface area contributed by atoms with Crippen molar-refractivity contribution in [1.29, 1.82) is 0 Å². The molecule has 0 amide bonds. The summed E-state index contributed by atoms with van der Waals surface area (Å²) in [6.07, 6.45) is 1.64. The van der Waals surface area contributed by atoms with E-state index in [1.165, 1.54) is 0 Å². The SMILES string of the molecule is Cc1ccc(/C(=C/c2cccc(Cl)c2)C(=O)O)cc1C. The highest BCUT2D eigenvalue weighted by atomic mass is 35.5. The van der Waals surface area contributed by atoms with E-state index in [9.17, 15) is 9.90 Å². The van der Waals surface area contributed by atoms with Gasteiger partial charge >= 0.3 is 5.97 Å². The van der Waals surface area contributed by atoms with Gasteiger partial charge in [-0.2, -0.15) is 0 Å². The fourth-order valence-corrected chi connectivity index (χ4v) is 2.14. The summed E-state index contributed by atoms with van der Waals surface area (Å²) in [7, 11) is 0. The fraction of sp³-hybridized carbons (Fsp3) is 0.118. The van der Waals surface area contributed by atoms with Crippen LogP contribution in [0.15, 0.2) is 42.5 Å². The lowest BCUT2D eigenvalue weighted by atomic mass is 9.99. The molecule has 0 unspecified atom stereocenters. The van der Waals surface area contributed by atoms with Crippen LogP contribution in [0, 0.1) is 13.8 Å². The first-order valence-electron chi connectivity index (χ1n) is 6.25. The highest BCUT2D eigenvalue weighted by Gasteiger charge is 2.11. The molecule has 0 saturated heterocycles. The summed E-state index contributed by atoms with van der Waals surface area (Å²) in [5.74, 6) is -0.951. The number of halogens is 1. The minimum absolute atomic E-state index is 0.260. The summed E-state index contributed by atoms with van der Waals surface area (Å²) in [5, 5.41) is 10.0. The Balaban J connectivity index is 2.51. The number of carboxylic acid groups (broad SMARTS) is 1. The molecular weight excluding hydrogens is 272 g/mol. The zero-order chi connectivity index (χ0) is 14.7. The number of carboxylic acids is 1. The van der Waals surface area contributed by atoms with Crippen LogP contribution < -0.4 is 0 Å². The van der Waals surface area contributed by atoms with Crippen molar-refractivity contribution in [2.75, 3.05) is 0 Å². The first-order valence-corrected chi connectivity index (χ1v) is 6.63. The van der Waals surface area contributed by atoms with E-state index < -0.39 is 5.97 Å². The monoisotopic (exact) mass is 286 g/mol. The van der Waals surface area contributed by atoms with E-state index in [2.05, 4.69) is 0 Å². The first-order chi connectivity index (χ1) is 9.47. The van der Waals surface area contributed by atoms with Crippen LogP contribution in [0.4, 0.5) is 0 Å². The predicted molar refractivity (Wildman–Crippen MR) is 82.9 cm³/mol. The second-order valence-electron chi connectivity index (χ2n) is 4.72. The lowest BCUT2D eigenvalue weighted by Gasteiger charge is -2.07. The van der Waals surface area contributed by atoms with E-state index in [0.29, 0.717) is 10.6 Å². The van der Waals surface area contributed by atoms with E-state index in [4.69, 9.17) is 11.6 Å². The smallest absolute Gasteiger partial charge is 0.336 e. The number of benzene rings is 2. The lowest BCUT2D eigenvalue weighted by molar-refractivity contribution is -0.130. The molecule has 20 heavy (non-hydrogen) atoms. The summed E-state index contributed by atoms with van der Waals surface area (Å²) < 4.78 is 0. The Morgan fingerprint density at radius 1 is 1.10 bits per heavy atom.